The number of hydrogen-bond acceptors (Lipinski definition) is 5. The molecule has 1 amide bonds. The van der Waals surface area contributed by atoms with Crippen LogP contribution in [0.15, 0.2) is 54.6 Å². The molecule has 2 aromatic carbocycles. The van der Waals surface area contributed by atoms with Crippen molar-refractivity contribution in [2.45, 2.75) is 25.8 Å². The quantitative estimate of drug-likeness (QED) is 0.311. The van der Waals surface area contributed by atoms with Gasteiger partial charge in [-0.3, -0.25) is 9.59 Å². The van der Waals surface area contributed by atoms with Crippen LogP contribution < -0.4 is 15.4 Å². The van der Waals surface area contributed by atoms with E-state index in [0.717, 1.165) is 40.3 Å². The summed E-state index contributed by atoms with van der Waals surface area (Å²) in [7, 11) is 1.62. The fraction of sp³-hybridized carbons (Fsp3) is 0.200. The van der Waals surface area contributed by atoms with Gasteiger partial charge in [0.05, 0.1) is 17.0 Å². The van der Waals surface area contributed by atoms with Crippen molar-refractivity contribution in [2.24, 2.45) is 0 Å². The zero-order valence-corrected chi connectivity index (χ0v) is 20.6. The number of carbonyl (C=O) groups is 2. The Bertz CT molecular complexity index is 1260. The zero-order valence-electron chi connectivity index (χ0n) is 18.3. The van der Waals surface area contributed by atoms with Crippen LogP contribution in [0.4, 0.5) is 5.69 Å². The Morgan fingerprint density at radius 1 is 1.12 bits per heavy atom. The molecule has 2 heterocycles. The molecule has 3 aromatic rings. The van der Waals surface area contributed by atoms with E-state index in [1.807, 2.05) is 18.2 Å². The summed E-state index contributed by atoms with van der Waals surface area (Å²) in [5, 5.41) is 6.24. The molecular formula is C25H22Cl2N2O3S. The molecule has 0 radical (unpaired) electrons. The van der Waals surface area contributed by atoms with E-state index in [1.54, 1.807) is 37.5 Å². The van der Waals surface area contributed by atoms with Crippen LogP contribution in [-0.2, 0) is 6.42 Å². The number of anilines is 1. The first kappa shape index (κ1) is 23.4. The second-order valence-corrected chi connectivity index (χ2v) is 10.7. The summed E-state index contributed by atoms with van der Waals surface area (Å²) in [6.07, 6.45) is 2.45. The number of hydrogen-bond donors (Lipinski definition) is 2. The third kappa shape index (κ3) is 5.24. The molecule has 0 saturated heterocycles. The fourth-order valence-electron chi connectivity index (χ4n) is 3.78. The second-order valence-electron chi connectivity index (χ2n) is 8.40. The van der Waals surface area contributed by atoms with Crippen LogP contribution in [0.3, 0.4) is 0 Å². The fourth-order valence-corrected chi connectivity index (χ4v) is 5.24. The lowest BCUT2D eigenvalue weighted by molar-refractivity contribution is 0.102. The SMILES string of the molecule is COc1ccc2c(c1)/C(=C/C(=O)c1ccc(NC(=O)c3cc(Cl)sc3Cl)cc1)NC(C)(C)C2. The van der Waals surface area contributed by atoms with E-state index >= 15 is 0 Å². The third-order valence-corrected chi connectivity index (χ3v) is 6.80. The van der Waals surface area contributed by atoms with Crippen molar-refractivity contribution >= 4 is 57.6 Å². The summed E-state index contributed by atoms with van der Waals surface area (Å²) in [5.41, 5.74) is 4.05. The largest absolute Gasteiger partial charge is 0.497 e. The van der Waals surface area contributed by atoms with Crippen LogP contribution >= 0.6 is 34.5 Å². The monoisotopic (exact) mass is 500 g/mol. The molecule has 170 valence electrons. The standard InChI is InChI=1S/C25H22Cl2N2O3S/c1-25(2)13-15-6-9-17(32-3)10-18(15)20(29-25)12-21(30)14-4-7-16(8-5-14)28-24(31)19-11-22(26)33-23(19)27/h4-12,29H,13H2,1-3H3,(H,28,31)/b20-12-. The average molecular weight is 501 g/mol. The molecule has 0 aliphatic carbocycles. The van der Waals surface area contributed by atoms with Crippen molar-refractivity contribution in [3.8, 4) is 5.75 Å². The Hall–Kier alpha value is -2.80. The molecule has 0 unspecified atom stereocenters. The predicted octanol–water partition coefficient (Wildman–Crippen LogP) is 6.46. The Morgan fingerprint density at radius 2 is 1.85 bits per heavy atom. The third-order valence-electron chi connectivity index (χ3n) is 5.32. The highest BCUT2D eigenvalue weighted by atomic mass is 35.5. The minimum absolute atomic E-state index is 0.144. The molecular weight excluding hydrogens is 479 g/mol. The van der Waals surface area contributed by atoms with Crippen molar-refractivity contribution in [1.29, 1.82) is 0 Å². The maximum Gasteiger partial charge on any atom is 0.258 e. The number of carbonyl (C=O) groups excluding carboxylic acids is 2. The van der Waals surface area contributed by atoms with Crippen molar-refractivity contribution in [3.63, 3.8) is 0 Å². The number of methoxy groups -OCH3 is 1. The van der Waals surface area contributed by atoms with Gasteiger partial charge >= 0.3 is 0 Å². The molecule has 4 rings (SSSR count). The summed E-state index contributed by atoms with van der Waals surface area (Å²) in [6, 6.07) is 14.2. The van der Waals surface area contributed by atoms with Gasteiger partial charge in [0.15, 0.2) is 5.78 Å². The average Bonchev–Trinajstić information content (AvgIpc) is 3.11. The van der Waals surface area contributed by atoms with Crippen LogP contribution in [0.25, 0.3) is 5.70 Å². The molecule has 5 nitrogen and oxygen atoms in total. The molecule has 0 fully saturated rings. The maximum atomic E-state index is 13.0. The number of thiophene rings is 1. The van der Waals surface area contributed by atoms with Crippen molar-refractivity contribution < 1.29 is 14.3 Å². The van der Waals surface area contributed by atoms with E-state index < -0.39 is 0 Å². The highest BCUT2D eigenvalue weighted by Crippen LogP contribution is 2.33. The lowest BCUT2D eigenvalue weighted by Crippen LogP contribution is -2.43. The summed E-state index contributed by atoms with van der Waals surface area (Å²) >= 11 is 13.1. The summed E-state index contributed by atoms with van der Waals surface area (Å²) in [5.74, 6) is 0.235. The second kappa shape index (κ2) is 9.21. The van der Waals surface area contributed by atoms with E-state index in [-0.39, 0.29) is 17.2 Å². The predicted molar refractivity (Wildman–Crippen MR) is 135 cm³/mol. The van der Waals surface area contributed by atoms with Gasteiger partial charge in [-0.05, 0) is 68.3 Å². The van der Waals surface area contributed by atoms with Gasteiger partial charge in [0.2, 0.25) is 0 Å². The molecule has 33 heavy (non-hydrogen) atoms. The number of halogens is 2. The highest BCUT2D eigenvalue weighted by Gasteiger charge is 2.28. The number of ketones is 1. The molecule has 0 spiro atoms. The van der Waals surface area contributed by atoms with Gasteiger partial charge in [-0.1, -0.05) is 29.3 Å². The van der Waals surface area contributed by atoms with E-state index in [0.29, 0.717) is 25.5 Å². The van der Waals surface area contributed by atoms with Crippen LogP contribution in [0.1, 0.15) is 45.7 Å². The highest BCUT2D eigenvalue weighted by molar-refractivity contribution is 7.20. The zero-order chi connectivity index (χ0) is 23.8. The Balaban J connectivity index is 1.55. The lowest BCUT2D eigenvalue weighted by Gasteiger charge is -2.35. The number of amides is 1. The van der Waals surface area contributed by atoms with Crippen molar-refractivity contribution in [1.82, 2.24) is 5.32 Å². The number of benzene rings is 2. The topological polar surface area (TPSA) is 67.4 Å². The van der Waals surface area contributed by atoms with Gasteiger partial charge in [-0.15, -0.1) is 11.3 Å². The Labute approximate surface area is 206 Å². The Morgan fingerprint density at radius 3 is 2.48 bits per heavy atom. The Kier molecular flexibility index (Phi) is 6.52. The number of allylic oxidation sites excluding steroid dienone is 1. The maximum absolute atomic E-state index is 13.0. The van der Waals surface area contributed by atoms with Gasteiger partial charge in [-0.25, -0.2) is 0 Å². The van der Waals surface area contributed by atoms with E-state index in [2.05, 4.69) is 24.5 Å². The number of ether oxygens (including phenoxy) is 1. The van der Waals surface area contributed by atoms with Crippen LogP contribution in [0.5, 0.6) is 5.75 Å². The first-order chi connectivity index (χ1) is 15.6. The van der Waals surface area contributed by atoms with Crippen LogP contribution in [0.2, 0.25) is 8.67 Å². The van der Waals surface area contributed by atoms with Gasteiger partial charge in [0.25, 0.3) is 5.91 Å². The van der Waals surface area contributed by atoms with Crippen molar-refractivity contribution in [3.05, 3.63) is 85.5 Å². The summed E-state index contributed by atoms with van der Waals surface area (Å²) in [4.78, 5) is 25.4. The van der Waals surface area contributed by atoms with Gasteiger partial charge in [0.1, 0.15) is 10.1 Å². The molecule has 0 atom stereocenters. The summed E-state index contributed by atoms with van der Waals surface area (Å²) in [6.45, 7) is 4.20. The molecule has 0 saturated carbocycles. The minimum Gasteiger partial charge on any atom is -0.497 e. The van der Waals surface area contributed by atoms with Crippen LogP contribution in [-0.4, -0.2) is 24.3 Å². The van der Waals surface area contributed by atoms with E-state index in [4.69, 9.17) is 27.9 Å². The van der Waals surface area contributed by atoms with Gasteiger partial charge in [0, 0.05) is 34.1 Å². The molecule has 0 bridgehead atoms. The molecule has 1 aromatic heterocycles. The van der Waals surface area contributed by atoms with Crippen LogP contribution in [0, 0.1) is 0 Å². The normalized spacial score (nSPS) is 15.5. The van der Waals surface area contributed by atoms with Crippen molar-refractivity contribution in [2.75, 3.05) is 12.4 Å². The minimum atomic E-state index is -0.358. The molecule has 8 heteroatoms. The number of rotatable bonds is 5. The molecule has 1 aliphatic heterocycles. The lowest BCUT2D eigenvalue weighted by atomic mass is 9.85. The first-order valence-electron chi connectivity index (χ1n) is 10.2. The van der Waals surface area contributed by atoms with Gasteiger partial charge in [-0.2, -0.15) is 0 Å². The molecule has 2 N–H and O–H groups in total. The summed E-state index contributed by atoms with van der Waals surface area (Å²) < 4.78 is 6.14. The number of nitrogens with one attached hydrogen (secondary N) is 2. The number of fused-ring (bicyclic) bond motifs is 1. The first-order valence-corrected chi connectivity index (χ1v) is 11.8. The van der Waals surface area contributed by atoms with E-state index in [9.17, 15) is 9.59 Å². The van der Waals surface area contributed by atoms with Gasteiger partial charge < -0.3 is 15.4 Å². The molecule has 1 aliphatic rings. The smallest absolute Gasteiger partial charge is 0.258 e. The van der Waals surface area contributed by atoms with E-state index in [1.165, 1.54) is 6.07 Å².